The summed E-state index contributed by atoms with van der Waals surface area (Å²) in [4.78, 5) is 10.0. The summed E-state index contributed by atoms with van der Waals surface area (Å²) in [5, 5.41) is 26.3. The van der Waals surface area contributed by atoms with Crippen molar-refractivity contribution in [1.29, 1.82) is 10.5 Å². The minimum absolute atomic E-state index is 0.636. The molecule has 7 heteroatoms. The Morgan fingerprint density at radius 1 is 0.253 bits per heavy atom. The quantitative estimate of drug-likeness (QED) is 0.152. The van der Waals surface area contributed by atoms with Gasteiger partial charge in [0.1, 0.15) is 0 Å². The Morgan fingerprint density at radius 2 is 0.582 bits per heavy atom. The number of benzene rings is 11. The zero-order valence-corrected chi connectivity index (χ0v) is 42.5. The van der Waals surface area contributed by atoms with Crippen LogP contribution < -0.4 is 0 Å². The first-order valence-electron chi connectivity index (χ1n) is 26.3. The Bertz CT molecular complexity index is 4750. The third-order valence-corrected chi connectivity index (χ3v) is 15.5. The number of nitriles is 2. The van der Waals surface area contributed by atoms with Crippen LogP contribution in [0.5, 0.6) is 0 Å². The Hall–Kier alpha value is -11.1. The van der Waals surface area contributed by atoms with Gasteiger partial charge in [-0.15, -0.1) is 0 Å². The van der Waals surface area contributed by atoms with Crippen molar-refractivity contribution in [3.8, 4) is 85.4 Å². The molecule has 0 saturated carbocycles. The number of hydrogen-bond acceptors (Lipinski definition) is 4. The zero-order valence-electron chi connectivity index (χ0n) is 42.5. The van der Waals surface area contributed by atoms with Crippen molar-refractivity contribution in [3.63, 3.8) is 0 Å². The van der Waals surface area contributed by atoms with E-state index in [-0.39, 0.29) is 0 Å². The predicted molar refractivity (Wildman–Crippen MR) is 322 cm³/mol. The van der Waals surface area contributed by atoms with Gasteiger partial charge >= 0.3 is 0 Å². The van der Waals surface area contributed by atoms with Gasteiger partial charge in [-0.1, -0.05) is 158 Å². The van der Waals surface area contributed by atoms with Crippen molar-refractivity contribution >= 4 is 65.4 Å². The minimum atomic E-state index is 0.636. The maximum Gasteiger partial charge on any atom is 0.160 e. The summed E-state index contributed by atoms with van der Waals surface area (Å²) in [6.45, 7) is 0. The van der Waals surface area contributed by atoms with Gasteiger partial charge in [0.25, 0.3) is 0 Å². The van der Waals surface area contributed by atoms with Gasteiger partial charge < -0.3 is 13.7 Å². The molecule has 15 rings (SSSR count). The molecule has 0 atom stereocenters. The summed E-state index contributed by atoms with van der Waals surface area (Å²) in [6.07, 6.45) is 0. The Balaban J connectivity index is 0.801. The molecule has 79 heavy (non-hydrogen) atoms. The number of hydrogen-bond donors (Lipinski definition) is 0. The molecule has 0 fully saturated rings. The van der Waals surface area contributed by atoms with Crippen LogP contribution in [0.2, 0.25) is 0 Å². The molecule has 0 spiro atoms. The minimum Gasteiger partial charge on any atom is -0.309 e. The van der Waals surface area contributed by atoms with Crippen LogP contribution in [0, 0.1) is 22.7 Å². The molecule has 0 aliphatic carbocycles. The van der Waals surface area contributed by atoms with Gasteiger partial charge in [-0.25, -0.2) is 9.97 Å². The van der Waals surface area contributed by atoms with Crippen LogP contribution in [0.4, 0.5) is 0 Å². The third kappa shape index (κ3) is 7.57. The normalized spacial score (nSPS) is 11.5. The van der Waals surface area contributed by atoms with Gasteiger partial charge in [0.05, 0.1) is 67.8 Å². The topological polar surface area (TPSA) is 88.1 Å². The van der Waals surface area contributed by atoms with E-state index in [9.17, 15) is 10.5 Å². The van der Waals surface area contributed by atoms with Crippen LogP contribution >= 0.6 is 0 Å². The predicted octanol–water partition coefficient (Wildman–Crippen LogP) is 17.8. The first-order valence-corrected chi connectivity index (χ1v) is 26.3. The SMILES string of the molecule is N#Cc1ccc2c(c1)c1ccccc1n2-c1ccc2c(c1)c1cc(-n3c4ccccc4c4cc(C#N)ccc43)ccc1n2-c1ccc(-c2ccc(-c3ccc(-c4cc(-c5ccccc5)nc(-c5ccccc5)n4)cc3)cc2)cc1. The van der Waals surface area contributed by atoms with E-state index in [0.717, 1.165) is 133 Å². The second-order valence-corrected chi connectivity index (χ2v) is 20.0. The van der Waals surface area contributed by atoms with E-state index in [1.165, 1.54) is 0 Å². The highest BCUT2D eigenvalue weighted by atomic mass is 15.0. The summed E-state index contributed by atoms with van der Waals surface area (Å²) in [5.74, 6) is 0.700. The number of nitrogens with zero attached hydrogens (tertiary/aromatic N) is 7. The van der Waals surface area contributed by atoms with Crippen LogP contribution in [-0.4, -0.2) is 23.7 Å². The molecule has 0 bridgehead atoms. The lowest BCUT2D eigenvalue weighted by molar-refractivity contribution is 1.16. The molecule has 0 radical (unpaired) electrons. The molecular formula is C72H43N7. The standard InChI is InChI=1S/C72H43N7/c73-44-46-19-35-68-60(39-46)58-15-7-9-17-66(58)78(68)56-33-37-70-62(41-56)63-42-57(79-67-18-10-8-16-59(67)61-40-47(45-74)20-36-69(61)79)34-38-71(63)77(70)55-31-29-51(30-32-55)49-23-21-48(22-24-49)50-25-27-53(28-26-50)65-43-64(52-11-3-1-4-12-52)75-72(76-65)54-13-5-2-6-14-54/h1-43H. The number of aromatic nitrogens is 5. The highest BCUT2D eigenvalue weighted by molar-refractivity contribution is 6.14. The lowest BCUT2D eigenvalue weighted by Gasteiger charge is -2.12. The Kier molecular flexibility index (Phi) is 10.5. The third-order valence-electron chi connectivity index (χ3n) is 15.5. The summed E-state index contributed by atoms with van der Waals surface area (Å²) in [5.41, 5.74) is 20.1. The van der Waals surface area contributed by atoms with Crippen LogP contribution in [0.3, 0.4) is 0 Å². The summed E-state index contributed by atoms with van der Waals surface area (Å²) in [6, 6.07) is 95.9. The second kappa shape index (κ2) is 18.3. The van der Waals surface area contributed by atoms with Crippen molar-refractivity contribution in [3.05, 3.63) is 272 Å². The second-order valence-electron chi connectivity index (χ2n) is 20.0. The smallest absolute Gasteiger partial charge is 0.160 e. The van der Waals surface area contributed by atoms with Crippen LogP contribution in [0.25, 0.3) is 139 Å². The van der Waals surface area contributed by atoms with E-state index in [1.807, 2.05) is 60.7 Å². The largest absolute Gasteiger partial charge is 0.309 e. The van der Waals surface area contributed by atoms with Gasteiger partial charge in [-0.05, 0) is 125 Å². The van der Waals surface area contributed by atoms with Crippen molar-refractivity contribution in [2.24, 2.45) is 0 Å². The first kappa shape index (κ1) is 45.3. The number of para-hydroxylation sites is 2. The van der Waals surface area contributed by atoms with Gasteiger partial charge in [0.15, 0.2) is 5.82 Å². The Morgan fingerprint density at radius 3 is 1.04 bits per heavy atom. The molecule has 4 heterocycles. The van der Waals surface area contributed by atoms with Gasteiger partial charge in [-0.2, -0.15) is 10.5 Å². The van der Waals surface area contributed by atoms with Crippen molar-refractivity contribution in [1.82, 2.24) is 23.7 Å². The molecule has 11 aromatic carbocycles. The van der Waals surface area contributed by atoms with Crippen molar-refractivity contribution in [2.45, 2.75) is 0 Å². The van der Waals surface area contributed by atoms with Crippen LogP contribution in [0.1, 0.15) is 11.1 Å². The summed E-state index contributed by atoms with van der Waals surface area (Å²) in [7, 11) is 0. The lowest BCUT2D eigenvalue weighted by atomic mass is 9.98. The van der Waals surface area contributed by atoms with E-state index in [1.54, 1.807) is 0 Å². The molecule has 0 aliphatic heterocycles. The first-order chi connectivity index (χ1) is 39.0. The van der Waals surface area contributed by atoms with Crippen LogP contribution in [0.15, 0.2) is 261 Å². The lowest BCUT2D eigenvalue weighted by Crippen LogP contribution is -1.96. The van der Waals surface area contributed by atoms with E-state index in [2.05, 4.69) is 226 Å². The summed E-state index contributed by atoms with van der Waals surface area (Å²) >= 11 is 0. The fourth-order valence-electron chi connectivity index (χ4n) is 11.8. The molecule has 0 amide bonds. The maximum atomic E-state index is 9.88. The molecular weight excluding hydrogens is 963 g/mol. The number of fused-ring (bicyclic) bond motifs is 9. The number of rotatable bonds is 8. The molecule has 0 saturated heterocycles. The van der Waals surface area contributed by atoms with E-state index < -0.39 is 0 Å². The van der Waals surface area contributed by atoms with Gasteiger partial charge in [0.2, 0.25) is 0 Å². The molecule has 0 aliphatic rings. The molecule has 15 aromatic rings. The van der Waals surface area contributed by atoms with Gasteiger partial charge in [0, 0.05) is 66.1 Å². The fraction of sp³-hybridized carbons (Fsp3) is 0. The molecule has 366 valence electrons. The zero-order chi connectivity index (χ0) is 52.6. The highest BCUT2D eigenvalue weighted by Crippen LogP contribution is 2.41. The molecule has 0 unspecified atom stereocenters. The summed E-state index contributed by atoms with van der Waals surface area (Å²) < 4.78 is 7.00. The average molecular weight is 1010 g/mol. The highest BCUT2D eigenvalue weighted by Gasteiger charge is 2.20. The monoisotopic (exact) mass is 1010 g/mol. The average Bonchev–Trinajstić information content (AvgIpc) is 4.37. The molecule has 7 nitrogen and oxygen atoms in total. The van der Waals surface area contributed by atoms with Gasteiger partial charge in [-0.3, -0.25) is 0 Å². The van der Waals surface area contributed by atoms with E-state index in [4.69, 9.17) is 9.97 Å². The van der Waals surface area contributed by atoms with E-state index in [0.29, 0.717) is 17.0 Å². The maximum absolute atomic E-state index is 9.88. The Labute approximate surface area is 454 Å². The molecule has 0 N–H and O–H groups in total. The fourth-order valence-corrected chi connectivity index (χ4v) is 11.8. The van der Waals surface area contributed by atoms with Crippen molar-refractivity contribution < 1.29 is 0 Å². The van der Waals surface area contributed by atoms with Crippen molar-refractivity contribution in [2.75, 3.05) is 0 Å². The molecule has 4 aromatic heterocycles. The van der Waals surface area contributed by atoms with Crippen LogP contribution in [-0.2, 0) is 0 Å². The van der Waals surface area contributed by atoms with E-state index >= 15 is 0 Å².